The highest BCUT2D eigenvalue weighted by Gasteiger charge is 2.23. The topological polar surface area (TPSA) is 29.5 Å². The Morgan fingerprint density at radius 1 is 1.45 bits per heavy atom. The largest absolute Gasteiger partial charge is 0.381 e. The number of aryl methyl sites for hydroxylation is 1. The second-order valence-corrected chi connectivity index (χ2v) is 5.83. The summed E-state index contributed by atoms with van der Waals surface area (Å²) in [6.45, 7) is 0.955. The number of benzene rings is 1. The summed E-state index contributed by atoms with van der Waals surface area (Å²) in [4.78, 5) is 14.1. The minimum atomic E-state index is 0.132. The molecule has 0 bridgehead atoms. The van der Waals surface area contributed by atoms with Gasteiger partial charge in [0, 0.05) is 19.2 Å². The highest BCUT2D eigenvalue weighted by molar-refractivity contribution is 9.12. The minimum absolute atomic E-state index is 0.132. The van der Waals surface area contributed by atoms with Crippen LogP contribution in [-0.2, 0) is 16.0 Å². The third-order valence-electron chi connectivity index (χ3n) is 3.49. The predicted octanol–water partition coefficient (Wildman–Crippen LogP) is 3.45. The molecule has 1 aliphatic rings. The number of hydrogen-bond donors (Lipinski definition) is 0. The first-order valence-corrected chi connectivity index (χ1v) is 7.85. The number of carbonyl (C=O) groups excluding carboxylic acids is 1. The lowest BCUT2D eigenvalue weighted by molar-refractivity contribution is -0.118. The molecule has 1 aliphatic heterocycles. The molecule has 0 aliphatic carbocycles. The molecule has 4 heteroatoms. The number of para-hydroxylation sites is 1. The Morgan fingerprint density at radius 3 is 2.95 bits per heavy atom. The summed E-state index contributed by atoms with van der Waals surface area (Å²) < 4.78 is 5.74. The monoisotopic (exact) mass is 359 g/mol. The minimum Gasteiger partial charge on any atom is -0.381 e. The van der Waals surface area contributed by atoms with E-state index in [1.807, 2.05) is 35.3 Å². The summed E-state index contributed by atoms with van der Waals surface area (Å²) >= 11 is 3.32. The van der Waals surface area contributed by atoms with E-state index in [-0.39, 0.29) is 5.91 Å². The van der Waals surface area contributed by atoms with E-state index in [0.717, 1.165) is 17.7 Å². The molecule has 0 radical (unpaired) electrons. The second-order valence-electron chi connectivity index (χ2n) is 4.98. The number of anilines is 1. The van der Waals surface area contributed by atoms with Crippen molar-refractivity contribution in [2.24, 2.45) is 0 Å². The lowest BCUT2D eigenvalue weighted by atomic mass is 10.0. The van der Waals surface area contributed by atoms with Gasteiger partial charge in [0.15, 0.2) is 0 Å². The molecule has 1 heterocycles. The number of carbonyl (C=O) groups is 1. The number of nitrogens with zero attached hydrogens (tertiary/aromatic N) is 1. The Morgan fingerprint density at radius 2 is 2.23 bits per heavy atom. The van der Waals surface area contributed by atoms with Crippen molar-refractivity contribution < 1.29 is 9.53 Å². The summed E-state index contributed by atoms with van der Waals surface area (Å²) in [6.07, 6.45) is 10.5. The van der Waals surface area contributed by atoms with Crippen molar-refractivity contribution in [2.75, 3.05) is 25.2 Å². The van der Waals surface area contributed by atoms with Crippen LogP contribution >= 0.6 is 15.9 Å². The molecule has 114 valence electrons. The van der Waals surface area contributed by atoms with E-state index in [9.17, 15) is 4.79 Å². The smallest absolute Gasteiger partial charge is 0.227 e. The Labute approximate surface area is 139 Å². The highest BCUT2D eigenvalue weighted by atomic mass is 79.9. The van der Waals surface area contributed by atoms with Gasteiger partial charge >= 0.3 is 0 Å². The van der Waals surface area contributed by atoms with Crippen LogP contribution in [0.2, 0.25) is 0 Å². The van der Waals surface area contributed by atoms with Gasteiger partial charge in [-0.15, -0.1) is 6.42 Å². The molecule has 1 amide bonds. The van der Waals surface area contributed by atoms with E-state index in [4.69, 9.17) is 11.2 Å². The third-order valence-corrected chi connectivity index (χ3v) is 3.95. The molecule has 2 rings (SSSR count). The number of amides is 1. The lowest BCUT2D eigenvalue weighted by Gasteiger charge is -2.29. The van der Waals surface area contributed by atoms with Crippen LogP contribution in [0.4, 0.5) is 5.69 Å². The SMILES string of the molecule is C#C/C(Br)=C\C(=C/COC)CN1C(=O)CCc2ccccc21. The molecule has 22 heavy (non-hydrogen) atoms. The van der Waals surface area contributed by atoms with Crippen molar-refractivity contribution in [3.63, 3.8) is 0 Å². The van der Waals surface area contributed by atoms with Crippen LogP contribution in [0.3, 0.4) is 0 Å². The maximum atomic E-state index is 12.3. The fourth-order valence-corrected chi connectivity index (χ4v) is 2.71. The van der Waals surface area contributed by atoms with Gasteiger partial charge in [0.1, 0.15) is 0 Å². The van der Waals surface area contributed by atoms with E-state index in [2.05, 4.69) is 27.9 Å². The zero-order chi connectivity index (χ0) is 15.9. The molecule has 0 atom stereocenters. The molecule has 1 aromatic rings. The summed E-state index contributed by atoms with van der Waals surface area (Å²) in [6, 6.07) is 8.01. The quantitative estimate of drug-likeness (QED) is 0.595. The average Bonchev–Trinajstić information content (AvgIpc) is 2.54. The van der Waals surface area contributed by atoms with Crippen LogP contribution in [0.5, 0.6) is 0 Å². The highest BCUT2D eigenvalue weighted by Crippen LogP contribution is 2.28. The van der Waals surface area contributed by atoms with Gasteiger partial charge in [0.2, 0.25) is 5.91 Å². The molecule has 0 saturated carbocycles. The fraction of sp³-hybridized carbons (Fsp3) is 0.278. The number of allylic oxidation sites excluding steroid dienone is 1. The number of ether oxygens (including phenoxy) is 1. The van der Waals surface area contributed by atoms with Gasteiger partial charge in [0.25, 0.3) is 0 Å². The van der Waals surface area contributed by atoms with Crippen LogP contribution in [-0.4, -0.2) is 26.2 Å². The second kappa shape index (κ2) is 7.98. The van der Waals surface area contributed by atoms with Crippen LogP contribution in [0, 0.1) is 12.3 Å². The molecule has 0 unspecified atom stereocenters. The van der Waals surface area contributed by atoms with E-state index >= 15 is 0 Å². The number of terminal acetylenes is 1. The van der Waals surface area contributed by atoms with Gasteiger partial charge in [-0.2, -0.15) is 0 Å². The zero-order valence-electron chi connectivity index (χ0n) is 12.5. The third kappa shape index (κ3) is 4.09. The summed E-state index contributed by atoms with van der Waals surface area (Å²) in [5.41, 5.74) is 3.12. The first-order valence-electron chi connectivity index (χ1n) is 7.05. The van der Waals surface area contributed by atoms with E-state index < -0.39 is 0 Å². The van der Waals surface area contributed by atoms with Crippen molar-refractivity contribution in [1.82, 2.24) is 0 Å². The molecule has 0 saturated heterocycles. The number of hydrogen-bond acceptors (Lipinski definition) is 2. The van der Waals surface area contributed by atoms with E-state index in [1.54, 1.807) is 7.11 Å². The predicted molar refractivity (Wildman–Crippen MR) is 92.9 cm³/mol. The van der Waals surface area contributed by atoms with E-state index in [1.165, 1.54) is 5.56 Å². The zero-order valence-corrected chi connectivity index (χ0v) is 14.1. The molecule has 1 aromatic carbocycles. The van der Waals surface area contributed by atoms with Gasteiger partial charge in [-0.05, 0) is 45.6 Å². The number of halogens is 1. The molecule has 0 spiro atoms. The summed E-state index contributed by atoms with van der Waals surface area (Å²) in [5, 5.41) is 0. The molecular formula is C18H18BrNO2. The van der Waals surface area contributed by atoms with Gasteiger partial charge < -0.3 is 9.64 Å². The average molecular weight is 360 g/mol. The van der Waals surface area contributed by atoms with Crippen molar-refractivity contribution in [3.05, 3.63) is 52.0 Å². The van der Waals surface area contributed by atoms with Gasteiger partial charge in [0.05, 0.1) is 17.6 Å². The normalized spacial score (nSPS) is 15.5. The molecule has 0 fully saturated rings. The lowest BCUT2D eigenvalue weighted by Crippen LogP contribution is -2.36. The molecule has 0 N–H and O–H groups in total. The van der Waals surface area contributed by atoms with Crippen molar-refractivity contribution in [3.8, 4) is 12.3 Å². The fourth-order valence-electron chi connectivity index (χ4n) is 2.42. The van der Waals surface area contributed by atoms with Crippen molar-refractivity contribution in [2.45, 2.75) is 12.8 Å². The number of methoxy groups -OCH3 is 1. The van der Waals surface area contributed by atoms with Gasteiger partial charge in [-0.1, -0.05) is 30.2 Å². The molecular weight excluding hydrogens is 342 g/mol. The Kier molecular flexibility index (Phi) is 6.00. The van der Waals surface area contributed by atoms with Crippen LogP contribution in [0.25, 0.3) is 0 Å². The van der Waals surface area contributed by atoms with Gasteiger partial charge in [-0.3, -0.25) is 4.79 Å². The number of rotatable bonds is 5. The van der Waals surface area contributed by atoms with Crippen molar-refractivity contribution >= 4 is 27.5 Å². The first-order chi connectivity index (χ1) is 10.7. The standard InChI is InChI=1S/C18H18BrNO2/c1-3-16(19)12-14(10-11-22-2)13-20-17-7-5-4-6-15(17)8-9-18(20)21/h1,4-7,10,12H,8-9,11,13H2,2H3/b14-10+,16-12+. The van der Waals surface area contributed by atoms with Gasteiger partial charge in [-0.25, -0.2) is 0 Å². The maximum Gasteiger partial charge on any atom is 0.227 e. The number of fused-ring (bicyclic) bond motifs is 1. The van der Waals surface area contributed by atoms with Crippen LogP contribution in [0.15, 0.2) is 46.5 Å². The Balaban J connectivity index is 2.30. The Bertz CT molecular complexity index is 655. The van der Waals surface area contributed by atoms with Crippen LogP contribution < -0.4 is 4.90 Å². The summed E-state index contributed by atoms with van der Waals surface area (Å²) in [5.74, 6) is 2.66. The first kappa shape index (κ1) is 16.5. The maximum absolute atomic E-state index is 12.3. The van der Waals surface area contributed by atoms with Crippen LogP contribution in [0.1, 0.15) is 12.0 Å². The summed E-state index contributed by atoms with van der Waals surface area (Å²) in [7, 11) is 1.63. The molecule has 0 aromatic heterocycles. The Hall–Kier alpha value is -1.83. The molecule has 3 nitrogen and oxygen atoms in total. The van der Waals surface area contributed by atoms with Crippen molar-refractivity contribution in [1.29, 1.82) is 0 Å². The van der Waals surface area contributed by atoms with E-state index in [0.29, 0.717) is 24.1 Å².